The Morgan fingerprint density at radius 1 is 1.24 bits per heavy atom. The highest BCUT2D eigenvalue weighted by Gasteiger charge is 2.34. The number of hydrogen-bond donors (Lipinski definition) is 3. The Hall–Kier alpha value is -1.12. The van der Waals surface area contributed by atoms with Crippen LogP contribution < -0.4 is 15.4 Å². The van der Waals surface area contributed by atoms with Crippen molar-refractivity contribution in [1.82, 2.24) is 15.4 Å². The fraction of sp³-hybridized carbons (Fsp3) is 0.706. The smallest absolute Gasteiger partial charge is 0.208 e. The van der Waals surface area contributed by atoms with E-state index in [1.165, 1.54) is 43.2 Å². The van der Waals surface area contributed by atoms with Crippen LogP contribution in [0.15, 0.2) is 22.5 Å². The lowest BCUT2D eigenvalue weighted by atomic mass is 9.73. The van der Waals surface area contributed by atoms with Crippen molar-refractivity contribution in [3.8, 4) is 0 Å². The number of aliphatic imine (C=N–C) groups is 1. The molecule has 6 nitrogen and oxygen atoms in total. The average Bonchev–Trinajstić information content (AvgIpc) is 3.12. The first kappa shape index (κ1) is 20.2. The zero-order valence-corrected chi connectivity index (χ0v) is 16.8. The first-order valence-electron chi connectivity index (χ1n) is 8.88. The number of thiophene rings is 1. The Bertz CT molecular complexity index is 636. The molecule has 0 saturated heterocycles. The van der Waals surface area contributed by atoms with Gasteiger partial charge in [0.2, 0.25) is 10.0 Å². The van der Waals surface area contributed by atoms with Gasteiger partial charge in [-0.1, -0.05) is 25.3 Å². The van der Waals surface area contributed by atoms with Crippen molar-refractivity contribution in [2.75, 3.05) is 32.9 Å². The maximum atomic E-state index is 11.0. The minimum absolute atomic E-state index is 0.210. The van der Waals surface area contributed by atoms with Gasteiger partial charge in [0.1, 0.15) is 0 Å². The number of nitrogens with zero attached hydrogens (tertiary/aromatic N) is 1. The molecule has 25 heavy (non-hydrogen) atoms. The molecule has 1 aromatic rings. The first-order chi connectivity index (χ1) is 12.0. The number of sulfonamides is 1. The minimum atomic E-state index is -3.11. The summed E-state index contributed by atoms with van der Waals surface area (Å²) in [6, 6.07) is 4.39. The third kappa shape index (κ3) is 6.60. The molecule has 0 radical (unpaired) electrons. The third-order valence-corrected chi connectivity index (χ3v) is 6.53. The zero-order valence-electron chi connectivity index (χ0n) is 15.2. The lowest BCUT2D eigenvalue weighted by Gasteiger charge is -2.37. The SMILES string of the molecule is CN=C(NCCCNS(C)(=O)=O)NCC1(c2cccs2)CCCCC1. The third-order valence-electron chi connectivity index (χ3n) is 4.68. The van der Waals surface area contributed by atoms with Crippen LogP contribution in [0.2, 0.25) is 0 Å². The summed E-state index contributed by atoms with van der Waals surface area (Å²) in [5.41, 5.74) is 0.210. The number of hydrogen-bond acceptors (Lipinski definition) is 4. The summed E-state index contributed by atoms with van der Waals surface area (Å²) >= 11 is 1.85. The summed E-state index contributed by atoms with van der Waals surface area (Å²) in [6.45, 7) is 1.99. The van der Waals surface area contributed by atoms with Crippen molar-refractivity contribution in [3.63, 3.8) is 0 Å². The summed E-state index contributed by atoms with van der Waals surface area (Å²) in [4.78, 5) is 5.76. The second-order valence-corrected chi connectivity index (χ2v) is 9.47. The molecule has 0 unspecified atom stereocenters. The predicted molar refractivity (Wildman–Crippen MR) is 106 cm³/mol. The summed E-state index contributed by atoms with van der Waals surface area (Å²) in [5.74, 6) is 0.779. The topological polar surface area (TPSA) is 82.6 Å². The van der Waals surface area contributed by atoms with E-state index in [0.29, 0.717) is 19.5 Å². The Balaban J connectivity index is 1.82. The van der Waals surface area contributed by atoms with Crippen molar-refractivity contribution in [1.29, 1.82) is 0 Å². The lowest BCUT2D eigenvalue weighted by Crippen LogP contribution is -2.46. The van der Waals surface area contributed by atoms with Crippen LogP contribution in [0.3, 0.4) is 0 Å². The van der Waals surface area contributed by atoms with E-state index in [2.05, 4.69) is 37.9 Å². The van der Waals surface area contributed by atoms with Gasteiger partial charge in [0.15, 0.2) is 5.96 Å². The molecule has 1 fully saturated rings. The summed E-state index contributed by atoms with van der Waals surface area (Å²) in [5, 5.41) is 8.91. The van der Waals surface area contributed by atoms with Gasteiger partial charge < -0.3 is 10.6 Å². The quantitative estimate of drug-likeness (QED) is 0.363. The van der Waals surface area contributed by atoms with Crippen LogP contribution in [-0.2, 0) is 15.4 Å². The van der Waals surface area contributed by atoms with Crippen LogP contribution in [0.5, 0.6) is 0 Å². The Labute approximate surface area is 155 Å². The zero-order chi connectivity index (χ0) is 18.2. The van der Waals surface area contributed by atoms with Crippen LogP contribution in [0.1, 0.15) is 43.4 Å². The van der Waals surface area contributed by atoms with E-state index in [1.54, 1.807) is 7.05 Å². The van der Waals surface area contributed by atoms with Gasteiger partial charge in [-0.3, -0.25) is 4.99 Å². The van der Waals surface area contributed by atoms with E-state index >= 15 is 0 Å². The maximum absolute atomic E-state index is 11.0. The van der Waals surface area contributed by atoms with E-state index < -0.39 is 10.0 Å². The molecular weight excluding hydrogens is 356 g/mol. The molecule has 1 aliphatic rings. The van der Waals surface area contributed by atoms with Gasteiger partial charge in [0, 0.05) is 37.0 Å². The predicted octanol–water partition coefficient (Wildman–Crippen LogP) is 2.05. The molecule has 1 aromatic heterocycles. The van der Waals surface area contributed by atoms with Crippen LogP contribution in [0.4, 0.5) is 0 Å². The first-order valence-corrected chi connectivity index (χ1v) is 11.7. The van der Waals surface area contributed by atoms with Crippen molar-refractivity contribution in [3.05, 3.63) is 22.4 Å². The van der Waals surface area contributed by atoms with E-state index in [0.717, 1.165) is 12.5 Å². The van der Waals surface area contributed by atoms with E-state index in [9.17, 15) is 8.42 Å². The number of nitrogens with one attached hydrogen (secondary N) is 3. The van der Waals surface area contributed by atoms with Crippen LogP contribution >= 0.6 is 11.3 Å². The van der Waals surface area contributed by atoms with Crippen molar-refractivity contribution >= 4 is 27.3 Å². The molecular formula is C17H30N4O2S2. The van der Waals surface area contributed by atoms with Gasteiger partial charge >= 0.3 is 0 Å². The van der Waals surface area contributed by atoms with E-state index in [4.69, 9.17) is 0 Å². The van der Waals surface area contributed by atoms with Crippen molar-refractivity contribution in [2.24, 2.45) is 4.99 Å². The fourth-order valence-corrected chi connectivity index (χ4v) is 4.85. The van der Waals surface area contributed by atoms with Crippen molar-refractivity contribution < 1.29 is 8.42 Å². The van der Waals surface area contributed by atoms with Gasteiger partial charge in [-0.2, -0.15) is 0 Å². The molecule has 3 N–H and O–H groups in total. The highest BCUT2D eigenvalue weighted by Crippen LogP contribution is 2.41. The molecule has 0 atom stereocenters. The van der Waals surface area contributed by atoms with Crippen LogP contribution in [0, 0.1) is 0 Å². The molecule has 0 bridgehead atoms. The summed E-state index contributed by atoms with van der Waals surface area (Å²) in [7, 11) is -1.34. The van der Waals surface area contributed by atoms with Crippen molar-refractivity contribution in [2.45, 2.75) is 43.9 Å². The normalized spacial score (nSPS) is 18.1. The van der Waals surface area contributed by atoms with E-state index in [-0.39, 0.29) is 5.41 Å². The standard InChI is InChI=1S/C17H30N4O2S2/c1-18-16(19-11-7-12-21-25(2,22)23)20-14-17(9-4-3-5-10-17)15-8-6-13-24-15/h6,8,13,21H,3-5,7,9-12,14H2,1-2H3,(H2,18,19,20). The molecule has 0 aromatic carbocycles. The second kappa shape index (κ2) is 9.54. The Morgan fingerprint density at radius 2 is 2.00 bits per heavy atom. The van der Waals surface area contributed by atoms with Gasteiger partial charge in [-0.15, -0.1) is 11.3 Å². The maximum Gasteiger partial charge on any atom is 0.208 e. The summed E-state index contributed by atoms with van der Waals surface area (Å²) < 4.78 is 24.6. The van der Waals surface area contributed by atoms with Gasteiger partial charge in [0.25, 0.3) is 0 Å². The highest BCUT2D eigenvalue weighted by molar-refractivity contribution is 7.88. The average molecular weight is 387 g/mol. The number of guanidine groups is 1. The van der Waals surface area contributed by atoms with E-state index in [1.807, 2.05) is 11.3 Å². The molecule has 1 saturated carbocycles. The Kier molecular flexibility index (Phi) is 7.71. The highest BCUT2D eigenvalue weighted by atomic mass is 32.2. The lowest BCUT2D eigenvalue weighted by molar-refractivity contribution is 0.296. The largest absolute Gasteiger partial charge is 0.356 e. The van der Waals surface area contributed by atoms with Crippen LogP contribution in [-0.4, -0.2) is 47.3 Å². The van der Waals surface area contributed by atoms with Gasteiger partial charge in [0.05, 0.1) is 6.26 Å². The molecule has 142 valence electrons. The summed E-state index contributed by atoms with van der Waals surface area (Å²) in [6.07, 6.45) is 8.21. The minimum Gasteiger partial charge on any atom is -0.356 e. The molecule has 2 rings (SSSR count). The fourth-order valence-electron chi connectivity index (χ4n) is 3.35. The second-order valence-electron chi connectivity index (χ2n) is 6.69. The molecule has 1 heterocycles. The molecule has 0 spiro atoms. The van der Waals surface area contributed by atoms with Gasteiger partial charge in [-0.25, -0.2) is 13.1 Å². The van der Waals surface area contributed by atoms with Crippen LogP contribution in [0.25, 0.3) is 0 Å². The molecule has 0 amide bonds. The monoisotopic (exact) mass is 386 g/mol. The molecule has 8 heteroatoms. The molecule has 0 aliphatic heterocycles. The van der Waals surface area contributed by atoms with Gasteiger partial charge in [-0.05, 0) is 30.7 Å². The Morgan fingerprint density at radius 3 is 2.60 bits per heavy atom. The molecule has 1 aliphatic carbocycles. The number of rotatable bonds is 8.